The molecule has 0 fully saturated rings. The first-order chi connectivity index (χ1) is 13.2. The van der Waals surface area contributed by atoms with E-state index in [4.69, 9.17) is 15.8 Å². The highest BCUT2D eigenvalue weighted by molar-refractivity contribution is 7.87. The highest BCUT2D eigenvalue weighted by Gasteiger charge is 2.23. The number of carbonyl (C=O) groups is 1. The van der Waals surface area contributed by atoms with Gasteiger partial charge in [0.1, 0.15) is 5.75 Å². The first-order valence-electron chi connectivity index (χ1n) is 9.23. The van der Waals surface area contributed by atoms with Gasteiger partial charge in [-0.25, -0.2) is 0 Å². The molecule has 0 bridgehead atoms. The predicted molar refractivity (Wildman–Crippen MR) is 112 cm³/mol. The molecule has 2 aromatic carbocycles. The van der Waals surface area contributed by atoms with Gasteiger partial charge in [0.25, 0.3) is 5.91 Å². The molecule has 7 heteroatoms. The molecule has 0 spiro atoms. The van der Waals surface area contributed by atoms with Crippen molar-refractivity contribution < 1.29 is 17.4 Å². The van der Waals surface area contributed by atoms with Gasteiger partial charge < -0.3 is 9.08 Å². The summed E-state index contributed by atoms with van der Waals surface area (Å²) in [7, 11) is -3.64. The number of hydrogen-bond donors (Lipinski definition) is 0. The first-order valence-corrected chi connectivity index (χ1v) is 11.1. The molecule has 0 aliphatic heterocycles. The highest BCUT2D eigenvalue weighted by atomic mass is 35.5. The van der Waals surface area contributed by atoms with Crippen LogP contribution in [0.15, 0.2) is 48.5 Å². The maximum absolute atomic E-state index is 13.0. The molecule has 152 valence electrons. The average Bonchev–Trinajstić information content (AvgIpc) is 2.66. The summed E-state index contributed by atoms with van der Waals surface area (Å²) >= 11 is 6.20. The Bertz CT molecular complexity index is 910. The fourth-order valence-electron chi connectivity index (χ4n) is 2.52. The zero-order chi connectivity index (χ0) is 20.9. The van der Waals surface area contributed by atoms with E-state index in [-0.39, 0.29) is 17.7 Å². The summed E-state index contributed by atoms with van der Waals surface area (Å²) in [6.45, 7) is 7.52. The van der Waals surface area contributed by atoms with Crippen LogP contribution in [-0.4, -0.2) is 30.5 Å². The van der Waals surface area contributed by atoms with Crippen molar-refractivity contribution in [3.05, 3.63) is 64.7 Å². The van der Waals surface area contributed by atoms with Crippen molar-refractivity contribution in [1.29, 1.82) is 0 Å². The van der Waals surface area contributed by atoms with E-state index in [0.29, 0.717) is 17.1 Å². The maximum atomic E-state index is 13.0. The Morgan fingerprint density at radius 1 is 1.07 bits per heavy atom. The van der Waals surface area contributed by atoms with Crippen LogP contribution in [0.1, 0.15) is 50.0 Å². The molecule has 1 amide bonds. The number of halogens is 1. The number of rotatable bonds is 8. The van der Waals surface area contributed by atoms with Crippen LogP contribution in [0.2, 0.25) is 5.02 Å². The third-order valence-electron chi connectivity index (χ3n) is 4.55. The van der Waals surface area contributed by atoms with Gasteiger partial charge in [-0.05, 0) is 57.0 Å². The molecule has 0 unspecified atom stereocenters. The molecule has 28 heavy (non-hydrogen) atoms. The van der Waals surface area contributed by atoms with E-state index in [2.05, 4.69) is 0 Å². The van der Waals surface area contributed by atoms with Gasteiger partial charge in [-0.2, -0.15) is 8.42 Å². The maximum Gasteiger partial charge on any atom is 0.311 e. The van der Waals surface area contributed by atoms with E-state index in [0.717, 1.165) is 12.0 Å². The van der Waals surface area contributed by atoms with E-state index in [9.17, 15) is 13.2 Å². The third-order valence-corrected chi connectivity index (χ3v) is 6.46. The van der Waals surface area contributed by atoms with Crippen molar-refractivity contribution in [2.75, 3.05) is 0 Å². The lowest BCUT2D eigenvalue weighted by atomic mass is 10.1. The monoisotopic (exact) mass is 423 g/mol. The number of amides is 1. The predicted octanol–water partition coefficient (Wildman–Crippen LogP) is 4.90. The van der Waals surface area contributed by atoms with Crippen molar-refractivity contribution in [3.63, 3.8) is 0 Å². The molecule has 0 aromatic heterocycles. The zero-order valence-corrected chi connectivity index (χ0v) is 18.1. The summed E-state index contributed by atoms with van der Waals surface area (Å²) in [5.74, 6) is 0.118. The fraction of sp³-hybridized carbons (Fsp3) is 0.381. The zero-order valence-electron chi connectivity index (χ0n) is 16.6. The van der Waals surface area contributed by atoms with Crippen molar-refractivity contribution >= 4 is 27.6 Å². The Kier molecular flexibility index (Phi) is 7.49. The van der Waals surface area contributed by atoms with Crippen LogP contribution < -0.4 is 4.18 Å². The molecule has 1 atom stereocenters. The Morgan fingerprint density at radius 3 is 2.21 bits per heavy atom. The minimum atomic E-state index is -3.64. The standard InChI is InChI=1S/C21H26ClNO4S/c1-5-16(4)23(21(24)19-8-6-7-9-20(19)22)14-17-10-12-18(13-11-17)27-28(25,26)15(2)3/h6-13,15-16H,5,14H2,1-4H3/t16-/m1/s1. The van der Waals surface area contributed by atoms with Gasteiger partial charge in [-0.1, -0.05) is 42.8 Å². The number of nitrogens with zero attached hydrogens (tertiary/aromatic N) is 1. The van der Waals surface area contributed by atoms with Gasteiger partial charge in [-0.3, -0.25) is 4.79 Å². The number of carbonyl (C=O) groups excluding carboxylic acids is 1. The summed E-state index contributed by atoms with van der Waals surface area (Å²) in [5.41, 5.74) is 1.34. The summed E-state index contributed by atoms with van der Waals surface area (Å²) < 4.78 is 28.9. The quantitative estimate of drug-likeness (QED) is 0.566. The van der Waals surface area contributed by atoms with Gasteiger partial charge in [0.15, 0.2) is 0 Å². The van der Waals surface area contributed by atoms with Crippen LogP contribution in [0.3, 0.4) is 0 Å². The van der Waals surface area contributed by atoms with Crippen molar-refractivity contribution in [1.82, 2.24) is 4.90 Å². The minimum Gasteiger partial charge on any atom is -0.382 e. The molecule has 0 heterocycles. The van der Waals surface area contributed by atoms with Gasteiger partial charge in [-0.15, -0.1) is 0 Å². The molecule has 2 rings (SSSR count). The van der Waals surface area contributed by atoms with Crippen LogP contribution in [0.25, 0.3) is 0 Å². The Balaban J connectivity index is 2.21. The van der Waals surface area contributed by atoms with Crippen molar-refractivity contribution in [2.45, 2.75) is 52.0 Å². The average molecular weight is 424 g/mol. The molecule has 0 radical (unpaired) electrons. The Labute approximate surface area is 172 Å². The van der Waals surface area contributed by atoms with Gasteiger partial charge in [0.2, 0.25) is 0 Å². The summed E-state index contributed by atoms with van der Waals surface area (Å²) in [6.07, 6.45) is 0.796. The molecular formula is C21H26ClNO4S. The second kappa shape index (κ2) is 9.43. The first kappa shape index (κ1) is 22.2. The van der Waals surface area contributed by atoms with Crippen LogP contribution in [0.4, 0.5) is 0 Å². The van der Waals surface area contributed by atoms with E-state index in [1.54, 1.807) is 67.3 Å². The molecule has 0 aliphatic carbocycles. The van der Waals surface area contributed by atoms with Crippen LogP contribution in [-0.2, 0) is 16.7 Å². The molecular weight excluding hydrogens is 398 g/mol. The number of benzene rings is 2. The topological polar surface area (TPSA) is 63.7 Å². The van der Waals surface area contributed by atoms with Crippen LogP contribution in [0.5, 0.6) is 5.75 Å². The largest absolute Gasteiger partial charge is 0.382 e. The van der Waals surface area contributed by atoms with E-state index in [1.165, 1.54) is 0 Å². The second-order valence-corrected chi connectivity index (χ2v) is 9.44. The fourth-order valence-corrected chi connectivity index (χ4v) is 3.30. The van der Waals surface area contributed by atoms with Crippen LogP contribution in [0, 0.1) is 0 Å². The lowest BCUT2D eigenvalue weighted by Crippen LogP contribution is -2.37. The molecule has 0 saturated carbocycles. The Hall–Kier alpha value is -2.05. The van der Waals surface area contributed by atoms with Crippen molar-refractivity contribution in [3.8, 4) is 5.75 Å². The van der Waals surface area contributed by atoms with Gasteiger partial charge in [0.05, 0.1) is 15.8 Å². The van der Waals surface area contributed by atoms with Gasteiger partial charge >= 0.3 is 10.1 Å². The van der Waals surface area contributed by atoms with Crippen molar-refractivity contribution in [2.24, 2.45) is 0 Å². The molecule has 0 saturated heterocycles. The summed E-state index contributed by atoms with van der Waals surface area (Å²) in [4.78, 5) is 14.8. The SMILES string of the molecule is CC[C@@H](C)N(Cc1ccc(OS(=O)(=O)C(C)C)cc1)C(=O)c1ccccc1Cl. The van der Waals surface area contributed by atoms with E-state index >= 15 is 0 Å². The minimum absolute atomic E-state index is 0.0148. The number of hydrogen-bond acceptors (Lipinski definition) is 4. The summed E-state index contributed by atoms with van der Waals surface area (Å²) in [6, 6.07) is 13.7. The summed E-state index contributed by atoms with van der Waals surface area (Å²) in [5, 5.41) is -0.204. The molecule has 5 nitrogen and oxygen atoms in total. The lowest BCUT2D eigenvalue weighted by Gasteiger charge is -2.29. The van der Waals surface area contributed by atoms with Crippen LogP contribution >= 0.6 is 11.6 Å². The molecule has 2 aromatic rings. The second-order valence-electron chi connectivity index (χ2n) is 6.94. The normalized spacial score (nSPS) is 12.6. The van der Waals surface area contributed by atoms with E-state index < -0.39 is 15.4 Å². The Morgan fingerprint density at radius 2 is 1.68 bits per heavy atom. The third kappa shape index (κ3) is 5.49. The molecule has 0 aliphatic rings. The van der Waals surface area contributed by atoms with E-state index in [1.807, 2.05) is 13.8 Å². The highest BCUT2D eigenvalue weighted by Crippen LogP contribution is 2.22. The molecule has 0 N–H and O–H groups in total. The van der Waals surface area contributed by atoms with Gasteiger partial charge in [0, 0.05) is 12.6 Å². The smallest absolute Gasteiger partial charge is 0.311 e. The lowest BCUT2D eigenvalue weighted by molar-refractivity contribution is 0.0672.